The molecule has 1 atom stereocenters. The number of hydrogen-bond donors (Lipinski definition) is 2. The average Bonchev–Trinajstić information content (AvgIpc) is 3.06. The lowest BCUT2D eigenvalue weighted by molar-refractivity contribution is 0.235. The normalized spacial score (nSPS) is 12.0. The number of nitrogens with one attached hydrogen (secondary N) is 2. The van der Waals surface area contributed by atoms with Crippen molar-refractivity contribution < 1.29 is 4.79 Å². The highest BCUT2D eigenvalue weighted by molar-refractivity contribution is 7.13. The number of anilines is 1. The molecule has 9 heteroatoms. The van der Waals surface area contributed by atoms with Crippen LogP contribution in [0.3, 0.4) is 0 Å². The highest BCUT2D eigenvalue weighted by Gasteiger charge is 2.09. The Bertz CT molecular complexity index is 566. The minimum atomic E-state index is -0.220. The van der Waals surface area contributed by atoms with E-state index in [1.54, 1.807) is 22.3 Å². The molecule has 0 aliphatic heterocycles. The Morgan fingerprint density at radius 2 is 2.33 bits per heavy atom. The van der Waals surface area contributed by atoms with E-state index in [1.807, 2.05) is 31.3 Å². The third-order valence-electron chi connectivity index (χ3n) is 2.66. The SMILES string of the molecule is C[C@H](Cn1cncn1)NC(=O)NCc1csc(N(C)C)n1. The molecule has 2 rings (SSSR count). The summed E-state index contributed by atoms with van der Waals surface area (Å²) in [5, 5.41) is 12.5. The van der Waals surface area contributed by atoms with Crippen molar-refractivity contribution >= 4 is 22.5 Å². The van der Waals surface area contributed by atoms with E-state index < -0.39 is 0 Å². The summed E-state index contributed by atoms with van der Waals surface area (Å²) < 4.78 is 1.68. The monoisotopic (exact) mass is 309 g/mol. The van der Waals surface area contributed by atoms with Crippen LogP contribution in [-0.2, 0) is 13.1 Å². The van der Waals surface area contributed by atoms with E-state index in [0.29, 0.717) is 13.1 Å². The molecule has 0 fully saturated rings. The molecule has 21 heavy (non-hydrogen) atoms. The lowest BCUT2D eigenvalue weighted by atomic mass is 10.3. The predicted molar refractivity (Wildman–Crippen MR) is 81.3 cm³/mol. The van der Waals surface area contributed by atoms with Gasteiger partial charge in [-0.05, 0) is 6.92 Å². The number of urea groups is 1. The van der Waals surface area contributed by atoms with Crippen molar-refractivity contribution in [1.29, 1.82) is 0 Å². The number of carbonyl (C=O) groups is 1. The van der Waals surface area contributed by atoms with Crippen molar-refractivity contribution in [3.63, 3.8) is 0 Å². The van der Waals surface area contributed by atoms with Gasteiger partial charge in [-0.1, -0.05) is 0 Å². The van der Waals surface area contributed by atoms with E-state index in [-0.39, 0.29) is 12.1 Å². The lowest BCUT2D eigenvalue weighted by Gasteiger charge is -2.14. The average molecular weight is 309 g/mol. The van der Waals surface area contributed by atoms with Gasteiger partial charge in [0.25, 0.3) is 0 Å². The Kier molecular flexibility index (Phi) is 5.09. The van der Waals surface area contributed by atoms with E-state index in [4.69, 9.17) is 0 Å². The van der Waals surface area contributed by atoms with E-state index in [0.717, 1.165) is 10.8 Å². The second-order valence-corrected chi connectivity index (χ2v) is 5.70. The van der Waals surface area contributed by atoms with E-state index in [2.05, 4.69) is 25.7 Å². The van der Waals surface area contributed by atoms with Gasteiger partial charge in [0.15, 0.2) is 5.13 Å². The number of carbonyl (C=O) groups excluding carboxylic acids is 1. The van der Waals surface area contributed by atoms with Gasteiger partial charge < -0.3 is 15.5 Å². The standard InChI is InChI=1S/C12H19N7OS/c1-9(5-19-8-13-7-15-19)16-11(20)14-4-10-6-21-12(17-10)18(2)3/h6-9H,4-5H2,1-3H3,(H2,14,16,20)/t9-/m1/s1. The largest absolute Gasteiger partial charge is 0.354 e. The zero-order chi connectivity index (χ0) is 15.2. The molecule has 2 N–H and O–H groups in total. The van der Waals surface area contributed by atoms with Gasteiger partial charge in [0.05, 0.1) is 18.8 Å². The van der Waals surface area contributed by atoms with Crippen LogP contribution >= 0.6 is 11.3 Å². The van der Waals surface area contributed by atoms with Crippen LogP contribution in [0, 0.1) is 0 Å². The van der Waals surface area contributed by atoms with Crippen LogP contribution in [0.5, 0.6) is 0 Å². The van der Waals surface area contributed by atoms with E-state index >= 15 is 0 Å². The van der Waals surface area contributed by atoms with Crippen LogP contribution in [0.4, 0.5) is 9.93 Å². The Labute approximate surface area is 127 Å². The number of amides is 2. The fourth-order valence-electron chi connectivity index (χ4n) is 1.68. The first-order valence-electron chi connectivity index (χ1n) is 6.53. The van der Waals surface area contributed by atoms with Crippen molar-refractivity contribution in [3.05, 3.63) is 23.7 Å². The van der Waals surface area contributed by atoms with Crippen LogP contribution < -0.4 is 15.5 Å². The van der Waals surface area contributed by atoms with Gasteiger partial charge in [0.2, 0.25) is 0 Å². The van der Waals surface area contributed by atoms with Gasteiger partial charge >= 0.3 is 6.03 Å². The highest BCUT2D eigenvalue weighted by atomic mass is 32.1. The smallest absolute Gasteiger partial charge is 0.315 e. The summed E-state index contributed by atoms with van der Waals surface area (Å²) in [6.07, 6.45) is 3.09. The molecule has 2 aromatic heterocycles. The third-order valence-corrected chi connectivity index (χ3v) is 3.71. The van der Waals surface area contributed by atoms with Crippen LogP contribution in [-0.4, -0.2) is 45.9 Å². The second kappa shape index (κ2) is 7.02. The zero-order valence-electron chi connectivity index (χ0n) is 12.3. The lowest BCUT2D eigenvalue weighted by Crippen LogP contribution is -2.42. The van der Waals surface area contributed by atoms with Gasteiger partial charge in [-0.15, -0.1) is 11.3 Å². The van der Waals surface area contributed by atoms with Gasteiger partial charge in [-0.3, -0.25) is 4.68 Å². The summed E-state index contributed by atoms with van der Waals surface area (Å²) in [6, 6.07) is -0.263. The molecule has 2 amide bonds. The maximum absolute atomic E-state index is 11.8. The molecule has 0 spiro atoms. The van der Waals surface area contributed by atoms with Gasteiger partial charge in [0.1, 0.15) is 12.7 Å². The number of aromatic nitrogens is 4. The number of nitrogens with zero attached hydrogens (tertiary/aromatic N) is 5. The van der Waals surface area contributed by atoms with E-state index in [1.165, 1.54) is 6.33 Å². The van der Waals surface area contributed by atoms with Crippen LogP contribution in [0.15, 0.2) is 18.0 Å². The Balaban J connectivity index is 1.73. The first-order chi connectivity index (χ1) is 10.0. The van der Waals surface area contributed by atoms with Gasteiger partial charge in [-0.25, -0.2) is 14.8 Å². The Hall–Kier alpha value is -2.16. The summed E-state index contributed by atoms with van der Waals surface area (Å²) in [4.78, 5) is 22.0. The molecule has 0 aliphatic rings. The van der Waals surface area contributed by atoms with Crippen LogP contribution in [0.25, 0.3) is 0 Å². The van der Waals surface area contributed by atoms with Crippen molar-refractivity contribution in [1.82, 2.24) is 30.4 Å². The molecular formula is C12H19N7OS. The Morgan fingerprint density at radius 1 is 1.52 bits per heavy atom. The molecule has 2 aromatic rings. The summed E-state index contributed by atoms with van der Waals surface area (Å²) in [6.45, 7) is 2.90. The molecule has 0 saturated heterocycles. The molecule has 0 aromatic carbocycles. The van der Waals surface area contributed by atoms with Crippen molar-refractivity contribution in [3.8, 4) is 0 Å². The highest BCUT2D eigenvalue weighted by Crippen LogP contribution is 2.17. The van der Waals surface area contributed by atoms with Crippen LogP contribution in [0.2, 0.25) is 0 Å². The number of thiazole rings is 1. The summed E-state index contributed by atoms with van der Waals surface area (Å²) >= 11 is 1.55. The number of hydrogen-bond acceptors (Lipinski definition) is 6. The third kappa shape index (κ3) is 4.71. The zero-order valence-corrected chi connectivity index (χ0v) is 13.1. The fourth-order valence-corrected chi connectivity index (χ4v) is 2.44. The van der Waals surface area contributed by atoms with Crippen molar-refractivity contribution in [2.75, 3.05) is 19.0 Å². The first kappa shape index (κ1) is 15.2. The molecular weight excluding hydrogens is 290 g/mol. The minimum Gasteiger partial charge on any atom is -0.354 e. The van der Waals surface area contributed by atoms with Crippen LogP contribution in [0.1, 0.15) is 12.6 Å². The van der Waals surface area contributed by atoms with Gasteiger partial charge in [-0.2, -0.15) is 5.10 Å². The van der Waals surface area contributed by atoms with E-state index in [9.17, 15) is 4.79 Å². The molecule has 0 radical (unpaired) electrons. The second-order valence-electron chi connectivity index (χ2n) is 4.86. The molecule has 2 heterocycles. The maximum atomic E-state index is 11.8. The maximum Gasteiger partial charge on any atom is 0.315 e. The number of rotatable bonds is 6. The molecule has 8 nitrogen and oxygen atoms in total. The first-order valence-corrected chi connectivity index (χ1v) is 7.41. The predicted octanol–water partition coefficient (Wildman–Crippen LogP) is 0.688. The Morgan fingerprint density at radius 3 is 2.95 bits per heavy atom. The van der Waals surface area contributed by atoms with Gasteiger partial charge in [0, 0.05) is 25.5 Å². The molecule has 0 saturated carbocycles. The quantitative estimate of drug-likeness (QED) is 0.819. The van der Waals surface area contributed by atoms with Crippen molar-refractivity contribution in [2.45, 2.75) is 26.1 Å². The fraction of sp³-hybridized carbons (Fsp3) is 0.500. The minimum absolute atomic E-state index is 0.0422. The molecule has 0 unspecified atom stereocenters. The summed E-state index contributed by atoms with van der Waals surface area (Å²) in [5.74, 6) is 0. The van der Waals surface area contributed by atoms with Crippen molar-refractivity contribution in [2.24, 2.45) is 0 Å². The molecule has 0 bridgehead atoms. The summed E-state index contributed by atoms with van der Waals surface area (Å²) in [7, 11) is 3.88. The topological polar surface area (TPSA) is 88.0 Å². The molecule has 114 valence electrons. The molecule has 0 aliphatic carbocycles. The summed E-state index contributed by atoms with van der Waals surface area (Å²) in [5.41, 5.74) is 0.850.